The summed E-state index contributed by atoms with van der Waals surface area (Å²) >= 11 is 0. The SMILES string of the molecule is CCOc1ccccc1NC(=O)N1CCN(CCCN(C)C)CC1. The van der Waals surface area contributed by atoms with Crippen LogP contribution in [0.25, 0.3) is 0 Å². The molecule has 1 aromatic carbocycles. The largest absolute Gasteiger partial charge is 0.492 e. The van der Waals surface area contributed by atoms with E-state index >= 15 is 0 Å². The van der Waals surface area contributed by atoms with Crippen molar-refractivity contribution in [2.24, 2.45) is 0 Å². The first kappa shape index (κ1) is 18.5. The second-order valence-corrected chi connectivity index (χ2v) is 6.34. The van der Waals surface area contributed by atoms with Gasteiger partial charge in [0.2, 0.25) is 0 Å². The lowest BCUT2D eigenvalue weighted by atomic mass is 10.2. The number of hydrogen-bond donors (Lipinski definition) is 1. The molecule has 6 nitrogen and oxygen atoms in total. The van der Waals surface area contributed by atoms with Crippen LogP contribution in [0.3, 0.4) is 0 Å². The Morgan fingerprint density at radius 2 is 1.92 bits per heavy atom. The van der Waals surface area contributed by atoms with Crippen LogP contribution in [0.15, 0.2) is 24.3 Å². The van der Waals surface area contributed by atoms with Crippen LogP contribution in [-0.2, 0) is 0 Å². The van der Waals surface area contributed by atoms with Crippen LogP contribution in [-0.4, -0.2) is 80.7 Å². The summed E-state index contributed by atoms with van der Waals surface area (Å²) in [5.41, 5.74) is 0.734. The quantitative estimate of drug-likeness (QED) is 0.830. The fraction of sp³-hybridized carbons (Fsp3) is 0.611. The summed E-state index contributed by atoms with van der Waals surface area (Å²) in [5.74, 6) is 0.718. The molecule has 0 aromatic heterocycles. The maximum atomic E-state index is 12.5. The molecule has 0 aliphatic carbocycles. The number of carbonyl (C=O) groups excluding carboxylic acids is 1. The molecule has 1 aliphatic heterocycles. The molecule has 6 heteroatoms. The molecule has 1 saturated heterocycles. The van der Waals surface area contributed by atoms with Gasteiger partial charge in [-0.25, -0.2) is 4.79 Å². The average molecular weight is 334 g/mol. The number of amides is 2. The number of para-hydroxylation sites is 2. The Morgan fingerprint density at radius 3 is 2.58 bits per heavy atom. The van der Waals surface area contributed by atoms with Crippen molar-refractivity contribution in [3.8, 4) is 5.75 Å². The van der Waals surface area contributed by atoms with Crippen molar-refractivity contribution in [1.29, 1.82) is 0 Å². The number of hydrogen-bond acceptors (Lipinski definition) is 4. The average Bonchev–Trinajstić information content (AvgIpc) is 2.57. The lowest BCUT2D eigenvalue weighted by Crippen LogP contribution is -2.50. The van der Waals surface area contributed by atoms with Gasteiger partial charge in [0, 0.05) is 26.2 Å². The van der Waals surface area contributed by atoms with Crippen LogP contribution in [0.1, 0.15) is 13.3 Å². The predicted molar refractivity (Wildman–Crippen MR) is 97.8 cm³/mol. The van der Waals surface area contributed by atoms with E-state index in [1.54, 1.807) is 0 Å². The van der Waals surface area contributed by atoms with Gasteiger partial charge in [-0.15, -0.1) is 0 Å². The van der Waals surface area contributed by atoms with Crippen LogP contribution in [0.4, 0.5) is 10.5 Å². The number of benzene rings is 1. The molecule has 1 heterocycles. The van der Waals surface area contributed by atoms with Crippen LogP contribution >= 0.6 is 0 Å². The van der Waals surface area contributed by atoms with Gasteiger partial charge in [0.25, 0.3) is 0 Å². The van der Waals surface area contributed by atoms with E-state index in [1.165, 1.54) is 6.42 Å². The van der Waals surface area contributed by atoms with E-state index in [2.05, 4.69) is 29.2 Å². The van der Waals surface area contributed by atoms with Gasteiger partial charge in [0.1, 0.15) is 5.75 Å². The van der Waals surface area contributed by atoms with Gasteiger partial charge < -0.3 is 19.9 Å². The Bertz CT molecular complexity index is 513. The molecule has 2 amide bonds. The van der Waals surface area contributed by atoms with E-state index in [9.17, 15) is 4.79 Å². The topological polar surface area (TPSA) is 48.1 Å². The summed E-state index contributed by atoms with van der Waals surface area (Å²) in [6.45, 7) is 8.14. The van der Waals surface area contributed by atoms with Crippen molar-refractivity contribution in [2.75, 3.05) is 65.3 Å². The minimum Gasteiger partial charge on any atom is -0.492 e. The van der Waals surface area contributed by atoms with Gasteiger partial charge in [-0.3, -0.25) is 4.90 Å². The Balaban J connectivity index is 1.79. The summed E-state index contributed by atoms with van der Waals surface area (Å²) in [5, 5.41) is 2.97. The molecule has 24 heavy (non-hydrogen) atoms. The number of urea groups is 1. The number of anilines is 1. The summed E-state index contributed by atoms with van der Waals surface area (Å²) in [4.78, 5) is 19.0. The summed E-state index contributed by atoms with van der Waals surface area (Å²) in [6, 6.07) is 7.52. The lowest BCUT2D eigenvalue weighted by molar-refractivity contribution is 0.144. The van der Waals surface area contributed by atoms with Gasteiger partial charge in [0.05, 0.1) is 12.3 Å². The van der Waals surface area contributed by atoms with Crippen molar-refractivity contribution in [2.45, 2.75) is 13.3 Å². The highest BCUT2D eigenvalue weighted by molar-refractivity contribution is 5.91. The third kappa shape index (κ3) is 5.69. The highest BCUT2D eigenvalue weighted by Gasteiger charge is 2.21. The number of nitrogens with zero attached hydrogens (tertiary/aromatic N) is 3. The summed E-state index contributed by atoms with van der Waals surface area (Å²) < 4.78 is 5.56. The zero-order valence-corrected chi connectivity index (χ0v) is 15.1. The fourth-order valence-electron chi connectivity index (χ4n) is 2.83. The minimum absolute atomic E-state index is 0.0462. The highest BCUT2D eigenvalue weighted by Crippen LogP contribution is 2.24. The van der Waals surface area contributed by atoms with Gasteiger partial charge in [0.15, 0.2) is 0 Å². The number of rotatable bonds is 7. The van der Waals surface area contributed by atoms with Gasteiger partial charge in [-0.1, -0.05) is 12.1 Å². The fourth-order valence-corrected chi connectivity index (χ4v) is 2.83. The molecule has 134 valence electrons. The van der Waals surface area contributed by atoms with E-state index in [0.717, 1.165) is 50.7 Å². The summed E-state index contributed by atoms with van der Waals surface area (Å²) in [7, 11) is 4.20. The van der Waals surface area contributed by atoms with Crippen LogP contribution < -0.4 is 10.1 Å². The minimum atomic E-state index is -0.0462. The van der Waals surface area contributed by atoms with E-state index in [1.807, 2.05) is 36.1 Å². The predicted octanol–water partition coefficient (Wildman–Crippen LogP) is 2.19. The van der Waals surface area contributed by atoms with Crippen LogP contribution in [0.2, 0.25) is 0 Å². The molecule has 0 saturated carbocycles. The Hall–Kier alpha value is -1.79. The van der Waals surface area contributed by atoms with Crippen molar-refractivity contribution < 1.29 is 9.53 Å². The van der Waals surface area contributed by atoms with Crippen molar-refractivity contribution in [1.82, 2.24) is 14.7 Å². The van der Waals surface area contributed by atoms with Gasteiger partial charge in [-0.2, -0.15) is 0 Å². The first-order valence-corrected chi connectivity index (χ1v) is 8.75. The molecule has 1 aliphatic rings. The molecule has 1 fully saturated rings. The third-order valence-corrected chi connectivity index (χ3v) is 4.17. The first-order valence-electron chi connectivity index (χ1n) is 8.75. The second kappa shape index (κ2) is 9.49. The van der Waals surface area contributed by atoms with Crippen LogP contribution in [0, 0.1) is 0 Å². The molecule has 0 atom stereocenters. The van der Waals surface area contributed by atoms with E-state index in [4.69, 9.17) is 4.74 Å². The number of ether oxygens (including phenoxy) is 1. The van der Waals surface area contributed by atoms with Crippen LogP contribution in [0.5, 0.6) is 5.75 Å². The third-order valence-electron chi connectivity index (χ3n) is 4.17. The first-order chi connectivity index (χ1) is 11.6. The molecule has 0 unspecified atom stereocenters. The van der Waals surface area contributed by atoms with Gasteiger partial charge in [-0.05, 0) is 52.7 Å². The number of nitrogens with one attached hydrogen (secondary N) is 1. The maximum absolute atomic E-state index is 12.5. The van der Waals surface area contributed by atoms with Gasteiger partial charge >= 0.3 is 6.03 Å². The van der Waals surface area contributed by atoms with E-state index < -0.39 is 0 Å². The maximum Gasteiger partial charge on any atom is 0.322 e. The number of carbonyl (C=O) groups is 1. The molecule has 0 radical (unpaired) electrons. The molecule has 0 bridgehead atoms. The van der Waals surface area contributed by atoms with Crippen molar-refractivity contribution in [3.63, 3.8) is 0 Å². The Kier molecular flexibility index (Phi) is 7.34. The zero-order chi connectivity index (χ0) is 17.4. The normalized spacial score (nSPS) is 15.6. The molecular weight excluding hydrogens is 304 g/mol. The van der Waals surface area contributed by atoms with E-state index in [-0.39, 0.29) is 6.03 Å². The molecular formula is C18H30N4O2. The Labute approximate surface area is 145 Å². The molecule has 1 aromatic rings. The molecule has 0 spiro atoms. The molecule has 2 rings (SSSR count). The smallest absolute Gasteiger partial charge is 0.322 e. The lowest BCUT2D eigenvalue weighted by Gasteiger charge is -2.35. The second-order valence-electron chi connectivity index (χ2n) is 6.34. The Morgan fingerprint density at radius 1 is 1.21 bits per heavy atom. The summed E-state index contributed by atoms with van der Waals surface area (Å²) in [6.07, 6.45) is 1.17. The standard InChI is InChI=1S/C18H30N4O2/c1-4-24-17-9-6-5-8-16(17)19-18(23)22-14-12-21(13-15-22)11-7-10-20(2)3/h5-6,8-9H,4,7,10-15H2,1-3H3,(H,19,23). The highest BCUT2D eigenvalue weighted by atomic mass is 16.5. The number of piperazine rings is 1. The monoisotopic (exact) mass is 334 g/mol. The van der Waals surface area contributed by atoms with E-state index in [0.29, 0.717) is 6.61 Å². The van der Waals surface area contributed by atoms with Crippen molar-refractivity contribution >= 4 is 11.7 Å². The molecule has 1 N–H and O–H groups in total. The van der Waals surface area contributed by atoms with Crippen molar-refractivity contribution in [3.05, 3.63) is 24.3 Å². The zero-order valence-electron chi connectivity index (χ0n) is 15.1.